The second-order valence-electron chi connectivity index (χ2n) is 6.67. The van der Waals surface area contributed by atoms with Gasteiger partial charge in [-0.15, -0.1) is 0 Å². The van der Waals surface area contributed by atoms with Crippen molar-refractivity contribution in [1.29, 1.82) is 0 Å². The molecule has 2 N–H and O–H groups in total. The quantitative estimate of drug-likeness (QED) is 0.579. The minimum absolute atomic E-state index is 0.162. The highest BCUT2D eigenvalue weighted by Gasteiger charge is 2.12. The number of aromatic nitrogens is 3. The van der Waals surface area contributed by atoms with Gasteiger partial charge in [0, 0.05) is 18.4 Å². The predicted octanol–water partition coefficient (Wildman–Crippen LogP) is 3.84. The summed E-state index contributed by atoms with van der Waals surface area (Å²) < 4.78 is 13.3. The van der Waals surface area contributed by atoms with E-state index in [2.05, 4.69) is 20.3 Å². The van der Waals surface area contributed by atoms with Crippen LogP contribution in [0.4, 0.5) is 4.39 Å². The van der Waals surface area contributed by atoms with Crippen molar-refractivity contribution in [2.75, 3.05) is 6.54 Å². The SMILES string of the molecule is Cc1ccc2cc(C(=O)NCCc3nc4ccc(F)cc4[nH]3)c(C)nc2c1. The van der Waals surface area contributed by atoms with Gasteiger partial charge in [-0.1, -0.05) is 12.1 Å². The summed E-state index contributed by atoms with van der Waals surface area (Å²) in [7, 11) is 0. The van der Waals surface area contributed by atoms with Crippen LogP contribution in [-0.4, -0.2) is 27.4 Å². The Bertz CT molecular complexity index is 1170. The lowest BCUT2D eigenvalue weighted by Gasteiger charge is -2.09. The number of nitrogens with one attached hydrogen (secondary N) is 2. The van der Waals surface area contributed by atoms with Crippen LogP contribution in [0.1, 0.15) is 27.4 Å². The van der Waals surface area contributed by atoms with Gasteiger partial charge in [0.05, 0.1) is 27.8 Å². The van der Waals surface area contributed by atoms with Gasteiger partial charge < -0.3 is 10.3 Å². The Kier molecular flexibility index (Phi) is 4.32. The van der Waals surface area contributed by atoms with Crippen LogP contribution in [0, 0.1) is 19.7 Å². The maximum atomic E-state index is 13.3. The molecule has 0 unspecified atom stereocenters. The third kappa shape index (κ3) is 3.51. The third-order valence-corrected chi connectivity index (χ3v) is 4.55. The van der Waals surface area contributed by atoms with E-state index in [0.29, 0.717) is 41.1 Å². The number of imidazole rings is 1. The number of fused-ring (bicyclic) bond motifs is 2. The molecule has 0 radical (unpaired) electrons. The van der Waals surface area contributed by atoms with Crippen LogP contribution in [0.3, 0.4) is 0 Å². The topological polar surface area (TPSA) is 70.7 Å². The molecule has 5 nitrogen and oxygen atoms in total. The van der Waals surface area contributed by atoms with Gasteiger partial charge in [0.1, 0.15) is 11.6 Å². The summed E-state index contributed by atoms with van der Waals surface area (Å²) in [4.78, 5) is 24.6. The smallest absolute Gasteiger partial charge is 0.253 e. The number of carbonyl (C=O) groups is 1. The van der Waals surface area contributed by atoms with Gasteiger partial charge in [-0.05, 0) is 49.7 Å². The van der Waals surface area contributed by atoms with Crippen LogP contribution >= 0.6 is 0 Å². The Morgan fingerprint density at radius 1 is 1.07 bits per heavy atom. The number of nitrogens with zero attached hydrogens (tertiary/aromatic N) is 2. The Morgan fingerprint density at radius 2 is 1.93 bits per heavy atom. The first-order valence-electron chi connectivity index (χ1n) is 8.80. The molecule has 6 heteroatoms. The van der Waals surface area contributed by atoms with Gasteiger partial charge >= 0.3 is 0 Å². The van der Waals surface area contributed by atoms with Gasteiger partial charge in [0.15, 0.2) is 0 Å². The molecule has 0 aliphatic heterocycles. The average molecular weight is 362 g/mol. The Balaban J connectivity index is 1.46. The number of aryl methyl sites for hydroxylation is 2. The maximum Gasteiger partial charge on any atom is 0.253 e. The van der Waals surface area contributed by atoms with E-state index in [9.17, 15) is 9.18 Å². The summed E-state index contributed by atoms with van der Waals surface area (Å²) >= 11 is 0. The van der Waals surface area contributed by atoms with Crippen LogP contribution in [0.5, 0.6) is 0 Å². The molecule has 27 heavy (non-hydrogen) atoms. The van der Waals surface area contributed by atoms with Crippen molar-refractivity contribution >= 4 is 27.8 Å². The standard InChI is InChI=1S/C21H19FN4O/c1-12-3-4-14-10-16(13(2)24-18(14)9-12)21(27)23-8-7-20-25-17-6-5-15(22)11-19(17)26-20/h3-6,9-11H,7-8H2,1-2H3,(H,23,27)(H,25,26). The summed E-state index contributed by atoms with van der Waals surface area (Å²) in [5.74, 6) is 0.241. The first-order valence-corrected chi connectivity index (χ1v) is 8.80. The van der Waals surface area contributed by atoms with E-state index < -0.39 is 0 Å². The lowest BCUT2D eigenvalue weighted by molar-refractivity contribution is 0.0953. The molecule has 0 bridgehead atoms. The Labute approximate surface area is 155 Å². The number of amides is 1. The maximum absolute atomic E-state index is 13.3. The second kappa shape index (κ2) is 6.79. The fraction of sp³-hybridized carbons (Fsp3) is 0.190. The second-order valence-corrected chi connectivity index (χ2v) is 6.67. The molecule has 0 fully saturated rings. The lowest BCUT2D eigenvalue weighted by atomic mass is 10.1. The average Bonchev–Trinajstić information content (AvgIpc) is 3.02. The van der Waals surface area contributed by atoms with E-state index in [4.69, 9.17) is 0 Å². The van der Waals surface area contributed by atoms with Gasteiger partial charge in [0.2, 0.25) is 0 Å². The number of rotatable bonds is 4. The lowest BCUT2D eigenvalue weighted by Crippen LogP contribution is -2.26. The highest BCUT2D eigenvalue weighted by atomic mass is 19.1. The molecule has 4 aromatic rings. The highest BCUT2D eigenvalue weighted by Crippen LogP contribution is 2.18. The number of hydrogen-bond acceptors (Lipinski definition) is 3. The van der Waals surface area contributed by atoms with Crippen LogP contribution in [-0.2, 0) is 6.42 Å². The first-order chi connectivity index (χ1) is 13.0. The van der Waals surface area contributed by atoms with Crippen LogP contribution in [0.25, 0.3) is 21.9 Å². The Morgan fingerprint density at radius 3 is 2.78 bits per heavy atom. The zero-order valence-electron chi connectivity index (χ0n) is 15.1. The van der Waals surface area contributed by atoms with Crippen molar-refractivity contribution < 1.29 is 9.18 Å². The van der Waals surface area contributed by atoms with Crippen molar-refractivity contribution in [3.63, 3.8) is 0 Å². The summed E-state index contributed by atoms with van der Waals surface area (Å²) in [6.07, 6.45) is 0.529. The number of carbonyl (C=O) groups excluding carboxylic acids is 1. The van der Waals surface area contributed by atoms with Crippen LogP contribution < -0.4 is 5.32 Å². The predicted molar refractivity (Wildman–Crippen MR) is 103 cm³/mol. The van der Waals surface area contributed by atoms with Gasteiger partial charge in [-0.3, -0.25) is 9.78 Å². The molecule has 0 saturated heterocycles. The van der Waals surface area contributed by atoms with Crippen molar-refractivity contribution in [1.82, 2.24) is 20.3 Å². The van der Waals surface area contributed by atoms with E-state index in [1.165, 1.54) is 12.1 Å². The molecule has 4 rings (SSSR count). The van der Waals surface area contributed by atoms with Gasteiger partial charge in [-0.2, -0.15) is 0 Å². The van der Waals surface area contributed by atoms with Crippen molar-refractivity contribution in [2.45, 2.75) is 20.3 Å². The van der Waals surface area contributed by atoms with E-state index in [0.717, 1.165) is 16.5 Å². The number of pyridine rings is 1. The molecule has 0 aliphatic rings. The number of hydrogen-bond donors (Lipinski definition) is 2. The van der Waals surface area contributed by atoms with E-state index in [-0.39, 0.29) is 11.7 Å². The number of aromatic amines is 1. The van der Waals surface area contributed by atoms with Crippen molar-refractivity contribution in [2.24, 2.45) is 0 Å². The fourth-order valence-electron chi connectivity index (χ4n) is 3.15. The molecule has 0 spiro atoms. The molecule has 0 atom stereocenters. The summed E-state index contributed by atoms with van der Waals surface area (Å²) in [5.41, 5.74) is 4.66. The van der Waals surface area contributed by atoms with Crippen LogP contribution in [0.2, 0.25) is 0 Å². The molecular formula is C21H19FN4O. The Hall–Kier alpha value is -3.28. The largest absolute Gasteiger partial charge is 0.352 e. The van der Waals surface area contributed by atoms with Crippen molar-refractivity contribution in [3.05, 3.63) is 70.9 Å². The summed E-state index contributed by atoms with van der Waals surface area (Å²) in [6, 6.07) is 12.3. The number of benzene rings is 2. The van der Waals surface area contributed by atoms with E-state index >= 15 is 0 Å². The summed E-state index contributed by atoms with van der Waals surface area (Å²) in [5, 5.41) is 3.85. The zero-order chi connectivity index (χ0) is 19.0. The zero-order valence-corrected chi connectivity index (χ0v) is 15.1. The molecule has 0 saturated carbocycles. The molecule has 0 aliphatic carbocycles. The number of H-pyrrole nitrogens is 1. The minimum Gasteiger partial charge on any atom is -0.352 e. The summed E-state index contributed by atoms with van der Waals surface area (Å²) in [6.45, 7) is 4.28. The molecule has 2 heterocycles. The molecule has 1 amide bonds. The van der Waals surface area contributed by atoms with E-state index in [1.54, 1.807) is 6.07 Å². The van der Waals surface area contributed by atoms with Crippen molar-refractivity contribution in [3.8, 4) is 0 Å². The molecule has 136 valence electrons. The van der Waals surface area contributed by atoms with Gasteiger partial charge in [-0.25, -0.2) is 9.37 Å². The molecule has 2 aromatic carbocycles. The van der Waals surface area contributed by atoms with Crippen LogP contribution in [0.15, 0.2) is 42.5 Å². The third-order valence-electron chi connectivity index (χ3n) is 4.55. The normalized spacial score (nSPS) is 11.2. The fourth-order valence-corrected chi connectivity index (χ4v) is 3.15. The first kappa shape index (κ1) is 17.1. The molecular weight excluding hydrogens is 343 g/mol. The molecule has 2 aromatic heterocycles. The highest BCUT2D eigenvalue weighted by molar-refractivity contribution is 5.98. The monoisotopic (exact) mass is 362 g/mol. The minimum atomic E-state index is -0.305. The van der Waals surface area contributed by atoms with E-state index in [1.807, 2.05) is 38.1 Å². The number of halogens is 1. The van der Waals surface area contributed by atoms with Gasteiger partial charge in [0.25, 0.3) is 5.91 Å².